The van der Waals surface area contributed by atoms with E-state index in [1.807, 2.05) is 47.8 Å². The first-order valence-corrected chi connectivity index (χ1v) is 7.95. The summed E-state index contributed by atoms with van der Waals surface area (Å²) in [5, 5.41) is 10.8. The van der Waals surface area contributed by atoms with Crippen LogP contribution in [0.2, 0.25) is 0 Å². The van der Waals surface area contributed by atoms with E-state index in [9.17, 15) is 4.79 Å². The Morgan fingerprint density at radius 3 is 2.70 bits per heavy atom. The molecule has 3 aromatic rings. The minimum Gasteiger partial charge on any atom is -0.457 e. The van der Waals surface area contributed by atoms with Gasteiger partial charge in [0.15, 0.2) is 0 Å². The summed E-state index contributed by atoms with van der Waals surface area (Å²) in [5.74, 6) is -0.346. The number of nitriles is 1. The van der Waals surface area contributed by atoms with E-state index in [1.165, 1.54) is 11.3 Å². The maximum Gasteiger partial charge on any atom is 0.349 e. The second-order valence-electron chi connectivity index (χ2n) is 4.92. The van der Waals surface area contributed by atoms with E-state index in [0.717, 1.165) is 16.7 Å². The molecule has 4 heteroatoms. The van der Waals surface area contributed by atoms with Gasteiger partial charge in [-0.2, -0.15) is 5.26 Å². The summed E-state index contributed by atoms with van der Waals surface area (Å²) < 4.78 is 5.40. The van der Waals surface area contributed by atoms with Crippen molar-refractivity contribution in [3.63, 3.8) is 0 Å². The van der Waals surface area contributed by atoms with E-state index in [2.05, 4.69) is 6.07 Å². The van der Waals surface area contributed by atoms with Gasteiger partial charge in [-0.15, -0.1) is 11.3 Å². The summed E-state index contributed by atoms with van der Waals surface area (Å²) in [7, 11) is 0. The van der Waals surface area contributed by atoms with Crippen LogP contribution in [0.5, 0.6) is 0 Å². The highest BCUT2D eigenvalue weighted by Crippen LogP contribution is 2.29. The minimum atomic E-state index is -0.346. The van der Waals surface area contributed by atoms with Crippen molar-refractivity contribution in [2.75, 3.05) is 0 Å². The van der Waals surface area contributed by atoms with Crippen molar-refractivity contribution in [1.29, 1.82) is 5.26 Å². The molecule has 112 valence electrons. The third-order valence-corrected chi connectivity index (χ3v) is 4.26. The lowest BCUT2D eigenvalue weighted by molar-refractivity contribution is 0.0479. The zero-order valence-corrected chi connectivity index (χ0v) is 13.0. The summed E-state index contributed by atoms with van der Waals surface area (Å²) >= 11 is 1.37. The molecule has 0 saturated carbocycles. The molecule has 0 spiro atoms. The van der Waals surface area contributed by atoms with Crippen LogP contribution in [0.3, 0.4) is 0 Å². The van der Waals surface area contributed by atoms with Crippen molar-refractivity contribution in [2.45, 2.75) is 6.61 Å². The first kappa shape index (κ1) is 15.0. The Morgan fingerprint density at radius 2 is 1.91 bits per heavy atom. The molecule has 0 aliphatic rings. The molecule has 0 atom stereocenters. The SMILES string of the molecule is N#Cc1cccc(COC(=O)c2sccc2-c2ccccc2)c1. The predicted octanol–water partition coefficient (Wildman–Crippen LogP) is 4.64. The number of hydrogen-bond donors (Lipinski definition) is 0. The molecular formula is C19H13NO2S. The summed E-state index contributed by atoms with van der Waals surface area (Å²) in [6, 6.07) is 20.8. The summed E-state index contributed by atoms with van der Waals surface area (Å²) in [6.45, 7) is 0.153. The van der Waals surface area contributed by atoms with Crippen LogP contribution in [0.25, 0.3) is 11.1 Å². The highest BCUT2D eigenvalue weighted by molar-refractivity contribution is 7.12. The minimum absolute atomic E-state index is 0.153. The maximum absolute atomic E-state index is 12.4. The fraction of sp³-hybridized carbons (Fsp3) is 0.0526. The first-order valence-electron chi connectivity index (χ1n) is 7.07. The van der Waals surface area contributed by atoms with Gasteiger partial charge < -0.3 is 4.74 Å². The lowest BCUT2D eigenvalue weighted by Crippen LogP contribution is -2.04. The van der Waals surface area contributed by atoms with E-state index in [-0.39, 0.29) is 12.6 Å². The number of rotatable bonds is 4. The van der Waals surface area contributed by atoms with Crippen LogP contribution in [-0.4, -0.2) is 5.97 Å². The number of carbonyl (C=O) groups excluding carboxylic acids is 1. The molecule has 23 heavy (non-hydrogen) atoms. The van der Waals surface area contributed by atoms with Gasteiger partial charge in [0.1, 0.15) is 11.5 Å². The summed E-state index contributed by atoms with van der Waals surface area (Å²) in [5.41, 5.74) is 3.23. The molecule has 2 aromatic carbocycles. The number of nitrogens with zero attached hydrogens (tertiary/aromatic N) is 1. The number of ether oxygens (including phenoxy) is 1. The van der Waals surface area contributed by atoms with Gasteiger partial charge in [0.2, 0.25) is 0 Å². The molecule has 0 aliphatic carbocycles. The van der Waals surface area contributed by atoms with Crippen LogP contribution in [-0.2, 0) is 11.3 Å². The van der Waals surface area contributed by atoms with E-state index < -0.39 is 0 Å². The quantitative estimate of drug-likeness (QED) is 0.658. The summed E-state index contributed by atoms with van der Waals surface area (Å²) in [4.78, 5) is 12.9. The Hall–Kier alpha value is -2.90. The lowest BCUT2D eigenvalue weighted by atomic mass is 10.1. The van der Waals surface area contributed by atoms with Crippen LogP contribution in [0.4, 0.5) is 0 Å². The Morgan fingerprint density at radius 1 is 1.09 bits per heavy atom. The van der Waals surface area contributed by atoms with Gasteiger partial charge in [0.25, 0.3) is 0 Å². The monoisotopic (exact) mass is 319 g/mol. The Kier molecular flexibility index (Phi) is 4.51. The van der Waals surface area contributed by atoms with Gasteiger partial charge in [0.05, 0.1) is 11.6 Å². The molecular weight excluding hydrogens is 306 g/mol. The van der Waals surface area contributed by atoms with E-state index >= 15 is 0 Å². The molecule has 0 amide bonds. The molecule has 1 aromatic heterocycles. The molecule has 0 unspecified atom stereocenters. The fourth-order valence-electron chi connectivity index (χ4n) is 2.26. The van der Waals surface area contributed by atoms with Gasteiger partial charge in [-0.05, 0) is 34.7 Å². The Balaban J connectivity index is 1.75. The largest absolute Gasteiger partial charge is 0.457 e. The van der Waals surface area contributed by atoms with Crippen molar-refractivity contribution in [1.82, 2.24) is 0 Å². The zero-order valence-electron chi connectivity index (χ0n) is 12.2. The Labute approximate surface area is 138 Å². The highest BCUT2D eigenvalue weighted by Gasteiger charge is 2.16. The van der Waals surface area contributed by atoms with Crippen molar-refractivity contribution < 1.29 is 9.53 Å². The van der Waals surface area contributed by atoms with Crippen molar-refractivity contribution in [3.8, 4) is 17.2 Å². The van der Waals surface area contributed by atoms with Crippen LogP contribution >= 0.6 is 11.3 Å². The average molecular weight is 319 g/mol. The molecule has 3 rings (SSSR count). The molecule has 0 aliphatic heterocycles. The van der Waals surface area contributed by atoms with Crippen molar-refractivity contribution in [3.05, 3.63) is 82.0 Å². The third-order valence-electron chi connectivity index (χ3n) is 3.36. The molecule has 0 radical (unpaired) electrons. The number of esters is 1. The van der Waals surface area contributed by atoms with Gasteiger partial charge in [-0.25, -0.2) is 4.79 Å². The van der Waals surface area contributed by atoms with Gasteiger partial charge >= 0.3 is 5.97 Å². The first-order chi connectivity index (χ1) is 11.3. The number of hydrogen-bond acceptors (Lipinski definition) is 4. The smallest absolute Gasteiger partial charge is 0.349 e. The molecule has 0 fully saturated rings. The maximum atomic E-state index is 12.4. The number of thiophene rings is 1. The standard InChI is InChI=1S/C19H13NO2S/c20-12-14-5-4-6-15(11-14)13-22-19(21)18-17(9-10-23-18)16-7-2-1-3-8-16/h1-11H,13H2. The van der Waals surface area contributed by atoms with Crippen LogP contribution < -0.4 is 0 Å². The highest BCUT2D eigenvalue weighted by atomic mass is 32.1. The van der Waals surface area contributed by atoms with E-state index in [4.69, 9.17) is 10.00 Å². The molecule has 0 bridgehead atoms. The van der Waals surface area contributed by atoms with Crippen LogP contribution in [0.1, 0.15) is 20.8 Å². The topological polar surface area (TPSA) is 50.1 Å². The van der Waals surface area contributed by atoms with Gasteiger partial charge in [-0.1, -0.05) is 42.5 Å². The van der Waals surface area contributed by atoms with Crippen LogP contribution in [0, 0.1) is 11.3 Å². The molecule has 0 saturated heterocycles. The second kappa shape index (κ2) is 6.91. The number of benzene rings is 2. The zero-order chi connectivity index (χ0) is 16.1. The van der Waals surface area contributed by atoms with Crippen molar-refractivity contribution in [2.24, 2.45) is 0 Å². The fourth-order valence-corrected chi connectivity index (χ4v) is 3.07. The summed E-state index contributed by atoms with van der Waals surface area (Å²) in [6.07, 6.45) is 0. The predicted molar refractivity (Wildman–Crippen MR) is 90.0 cm³/mol. The van der Waals surface area contributed by atoms with E-state index in [1.54, 1.807) is 18.2 Å². The van der Waals surface area contributed by atoms with Crippen LogP contribution in [0.15, 0.2) is 66.0 Å². The van der Waals surface area contributed by atoms with E-state index in [0.29, 0.717) is 10.4 Å². The third kappa shape index (κ3) is 3.47. The number of carbonyl (C=O) groups is 1. The molecule has 3 nitrogen and oxygen atoms in total. The second-order valence-corrected chi connectivity index (χ2v) is 5.83. The van der Waals surface area contributed by atoms with Gasteiger partial charge in [0, 0.05) is 5.56 Å². The average Bonchev–Trinajstić information content (AvgIpc) is 3.10. The Bertz CT molecular complexity index is 862. The van der Waals surface area contributed by atoms with Crippen molar-refractivity contribution >= 4 is 17.3 Å². The lowest BCUT2D eigenvalue weighted by Gasteiger charge is -2.06. The normalized spacial score (nSPS) is 10.0. The van der Waals surface area contributed by atoms with Gasteiger partial charge in [-0.3, -0.25) is 0 Å². The molecule has 1 heterocycles. The molecule has 0 N–H and O–H groups in total.